The molecule has 1 saturated carbocycles. The smallest absolute Gasteiger partial charge is 0.252 e. The third kappa shape index (κ3) is 4.78. The minimum absolute atomic E-state index is 0.112. The molecule has 0 spiro atoms. The van der Waals surface area contributed by atoms with E-state index in [0.717, 1.165) is 22.3 Å². The van der Waals surface area contributed by atoms with Crippen LogP contribution in [0.5, 0.6) is 5.75 Å². The largest absolute Gasteiger partial charge is 0.487 e. The first kappa shape index (κ1) is 21.3. The predicted molar refractivity (Wildman–Crippen MR) is 110 cm³/mol. The molecule has 6 nitrogen and oxygen atoms in total. The fourth-order valence-corrected chi connectivity index (χ4v) is 3.99. The van der Waals surface area contributed by atoms with Crippen LogP contribution in [0.15, 0.2) is 42.5 Å². The zero-order valence-electron chi connectivity index (χ0n) is 17.1. The maximum Gasteiger partial charge on any atom is 0.252 e. The molecule has 0 unspecified atom stereocenters. The van der Waals surface area contributed by atoms with Crippen LogP contribution in [0.4, 0.5) is 0 Å². The van der Waals surface area contributed by atoms with Crippen molar-refractivity contribution in [3.05, 3.63) is 64.7 Å². The molecule has 2 aromatic carbocycles. The number of aryl methyl sites for hydroxylation is 3. The van der Waals surface area contributed by atoms with Gasteiger partial charge in [-0.05, 0) is 37.5 Å². The lowest BCUT2D eigenvalue weighted by Crippen LogP contribution is -2.60. The second kappa shape index (κ2) is 8.53. The summed E-state index contributed by atoms with van der Waals surface area (Å²) >= 11 is 0. The lowest BCUT2D eigenvalue weighted by Gasteiger charge is -2.41. The number of nitrogens with one attached hydrogen (secondary N) is 1. The van der Waals surface area contributed by atoms with Crippen molar-refractivity contribution < 1.29 is 24.9 Å². The zero-order valence-corrected chi connectivity index (χ0v) is 17.1. The minimum atomic E-state index is -1.83. The number of carbonyl (C=O) groups excluding carboxylic acids is 1. The van der Waals surface area contributed by atoms with E-state index in [-0.39, 0.29) is 19.4 Å². The van der Waals surface area contributed by atoms with Crippen LogP contribution in [-0.4, -0.2) is 45.1 Å². The summed E-state index contributed by atoms with van der Waals surface area (Å²) < 4.78 is 6.01. The highest BCUT2D eigenvalue weighted by Gasteiger charge is 2.49. The normalized spacial score (nSPS) is 26.8. The third-order valence-electron chi connectivity index (χ3n) is 5.45. The van der Waals surface area contributed by atoms with Crippen LogP contribution in [0.2, 0.25) is 0 Å². The molecule has 0 bridgehead atoms. The molecule has 2 aromatic rings. The second-order valence-electron chi connectivity index (χ2n) is 8.05. The molecule has 0 radical (unpaired) electrons. The minimum Gasteiger partial charge on any atom is -0.487 e. The van der Waals surface area contributed by atoms with Crippen LogP contribution in [0.3, 0.4) is 0 Å². The van der Waals surface area contributed by atoms with Crippen LogP contribution in [0.25, 0.3) is 0 Å². The SMILES string of the molecule is Cc1cc(C)c(O[C@@H]2C[C@](O)(C(=O)NCc3ccccc3)C[C@@H](O)[C@H]2O)c(C)c1. The van der Waals surface area contributed by atoms with Gasteiger partial charge >= 0.3 is 0 Å². The Labute approximate surface area is 171 Å². The first-order chi connectivity index (χ1) is 13.7. The second-order valence-corrected chi connectivity index (χ2v) is 8.05. The van der Waals surface area contributed by atoms with Gasteiger partial charge in [0.25, 0.3) is 5.91 Å². The summed E-state index contributed by atoms with van der Waals surface area (Å²) in [7, 11) is 0. The Hall–Kier alpha value is -2.41. The first-order valence-corrected chi connectivity index (χ1v) is 9.85. The monoisotopic (exact) mass is 399 g/mol. The average Bonchev–Trinajstić information content (AvgIpc) is 2.67. The van der Waals surface area contributed by atoms with Crippen LogP contribution >= 0.6 is 0 Å². The molecule has 156 valence electrons. The molecule has 0 aliphatic heterocycles. The van der Waals surface area contributed by atoms with Gasteiger partial charge < -0.3 is 25.4 Å². The highest BCUT2D eigenvalue weighted by Crippen LogP contribution is 2.34. The lowest BCUT2D eigenvalue weighted by atomic mass is 9.79. The van der Waals surface area contributed by atoms with Gasteiger partial charge in [0.05, 0.1) is 6.10 Å². The van der Waals surface area contributed by atoms with Gasteiger partial charge in [-0.2, -0.15) is 0 Å². The van der Waals surface area contributed by atoms with Crippen molar-refractivity contribution in [1.29, 1.82) is 0 Å². The Bertz CT molecular complexity index is 846. The van der Waals surface area contributed by atoms with Gasteiger partial charge in [-0.3, -0.25) is 4.79 Å². The number of hydrogen-bond acceptors (Lipinski definition) is 5. The number of benzene rings is 2. The Morgan fingerprint density at radius 2 is 1.72 bits per heavy atom. The van der Waals surface area contributed by atoms with Crippen molar-refractivity contribution in [1.82, 2.24) is 5.32 Å². The van der Waals surface area contributed by atoms with E-state index in [1.54, 1.807) is 0 Å². The van der Waals surface area contributed by atoms with Crippen molar-refractivity contribution in [2.24, 2.45) is 0 Å². The lowest BCUT2D eigenvalue weighted by molar-refractivity contribution is -0.169. The molecular formula is C23H29NO5. The van der Waals surface area contributed by atoms with E-state index in [1.165, 1.54) is 0 Å². The van der Waals surface area contributed by atoms with Crippen LogP contribution in [-0.2, 0) is 11.3 Å². The van der Waals surface area contributed by atoms with Crippen LogP contribution in [0, 0.1) is 20.8 Å². The molecule has 1 fully saturated rings. The number of amides is 1. The topological polar surface area (TPSA) is 99.0 Å². The number of aliphatic hydroxyl groups is 3. The van der Waals surface area contributed by atoms with E-state index in [4.69, 9.17) is 4.74 Å². The molecule has 6 heteroatoms. The molecule has 1 aliphatic rings. The Kier molecular flexibility index (Phi) is 6.27. The number of rotatable bonds is 5. The Morgan fingerprint density at radius 1 is 1.10 bits per heavy atom. The Morgan fingerprint density at radius 3 is 2.34 bits per heavy atom. The van der Waals surface area contributed by atoms with E-state index < -0.39 is 29.8 Å². The molecule has 0 heterocycles. The molecule has 4 atom stereocenters. The van der Waals surface area contributed by atoms with Crippen LogP contribution in [0.1, 0.15) is 35.1 Å². The zero-order chi connectivity index (χ0) is 21.2. The molecular weight excluding hydrogens is 370 g/mol. The number of ether oxygens (including phenoxy) is 1. The summed E-state index contributed by atoms with van der Waals surface area (Å²) in [6, 6.07) is 13.3. The average molecular weight is 399 g/mol. The van der Waals surface area contributed by atoms with Crippen molar-refractivity contribution >= 4 is 5.91 Å². The van der Waals surface area contributed by atoms with Gasteiger partial charge in [-0.15, -0.1) is 0 Å². The molecule has 1 aliphatic carbocycles. The Balaban J connectivity index is 1.75. The summed E-state index contributed by atoms with van der Waals surface area (Å²) in [5.74, 6) is 0.0130. The van der Waals surface area contributed by atoms with E-state index in [9.17, 15) is 20.1 Å². The highest BCUT2D eigenvalue weighted by molar-refractivity contribution is 5.85. The third-order valence-corrected chi connectivity index (χ3v) is 5.45. The molecule has 4 N–H and O–H groups in total. The summed E-state index contributed by atoms with van der Waals surface area (Å²) in [6.07, 6.45) is -3.74. The quantitative estimate of drug-likeness (QED) is 0.616. The highest BCUT2D eigenvalue weighted by atomic mass is 16.5. The fourth-order valence-electron chi connectivity index (χ4n) is 3.99. The summed E-state index contributed by atoms with van der Waals surface area (Å²) in [4.78, 5) is 12.7. The van der Waals surface area contributed by atoms with Crippen molar-refractivity contribution in [3.8, 4) is 5.75 Å². The number of hydrogen-bond donors (Lipinski definition) is 4. The standard InChI is InChI=1S/C23H29NO5/c1-14-9-15(2)21(16(3)10-14)29-19-12-23(28,11-18(25)20(19)26)22(27)24-13-17-7-5-4-6-8-17/h4-10,18-20,25-26,28H,11-13H2,1-3H3,(H,24,27)/t18-,19-,20-,23+/m1/s1. The fraction of sp³-hybridized carbons (Fsp3) is 0.435. The molecule has 29 heavy (non-hydrogen) atoms. The summed E-state index contributed by atoms with van der Waals surface area (Å²) in [5.41, 5.74) is 1.96. The van der Waals surface area contributed by atoms with Gasteiger partial charge in [-0.25, -0.2) is 0 Å². The van der Waals surface area contributed by atoms with Crippen molar-refractivity contribution in [3.63, 3.8) is 0 Å². The molecule has 1 amide bonds. The van der Waals surface area contributed by atoms with Gasteiger partial charge in [-0.1, -0.05) is 48.0 Å². The molecule has 3 rings (SSSR count). The molecule has 0 aromatic heterocycles. The van der Waals surface area contributed by atoms with Gasteiger partial charge in [0.15, 0.2) is 0 Å². The van der Waals surface area contributed by atoms with E-state index in [1.807, 2.05) is 63.2 Å². The van der Waals surface area contributed by atoms with Gasteiger partial charge in [0, 0.05) is 19.4 Å². The maximum atomic E-state index is 12.7. The maximum absolute atomic E-state index is 12.7. The van der Waals surface area contributed by atoms with Crippen molar-refractivity contribution in [2.45, 2.75) is 64.1 Å². The van der Waals surface area contributed by atoms with Gasteiger partial charge in [0.1, 0.15) is 23.6 Å². The number of carbonyl (C=O) groups is 1. The molecule has 0 saturated heterocycles. The summed E-state index contributed by atoms with van der Waals surface area (Å²) in [6.45, 7) is 6.06. The van der Waals surface area contributed by atoms with Gasteiger partial charge in [0.2, 0.25) is 0 Å². The van der Waals surface area contributed by atoms with E-state index >= 15 is 0 Å². The van der Waals surface area contributed by atoms with E-state index in [2.05, 4.69) is 5.32 Å². The van der Waals surface area contributed by atoms with Crippen LogP contribution < -0.4 is 10.1 Å². The summed E-state index contributed by atoms with van der Waals surface area (Å²) in [5, 5.41) is 34.4. The predicted octanol–water partition coefficient (Wildman–Crippen LogP) is 1.92. The number of aliphatic hydroxyl groups excluding tert-OH is 2. The first-order valence-electron chi connectivity index (χ1n) is 9.85. The van der Waals surface area contributed by atoms with E-state index in [0.29, 0.717) is 5.75 Å². The van der Waals surface area contributed by atoms with Crippen molar-refractivity contribution in [2.75, 3.05) is 0 Å².